The molecule has 0 spiro atoms. The third kappa shape index (κ3) is 9.79. The van der Waals surface area contributed by atoms with Crippen LogP contribution in [0.15, 0.2) is 77.8 Å². The number of ether oxygens (including phenoxy) is 2. The second-order valence-corrected chi connectivity index (χ2v) is 10.2. The van der Waals surface area contributed by atoms with E-state index >= 15 is 0 Å². The topological polar surface area (TPSA) is 153 Å². The average molecular weight is 569 g/mol. The molecule has 0 saturated carbocycles. The Bertz CT molecular complexity index is 1360. The molecule has 0 saturated heterocycles. The molecule has 0 aliphatic heterocycles. The Kier molecular flexibility index (Phi) is 11.6. The van der Waals surface area contributed by atoms with Crippen molar-refractivity contribution in [3.8, 4) is 5.88 Å². The summed E-state index contributed by atoms with van der Waals surface area (Å²) in [4.78, 5) is 40.3. The van der Waals surface area contributed by atoms with E-state index in [9.17, 15) is 22.8 Å². The lowest BCUT2D eigenvalue weighted by atomic mass is 10.1. The number of benzene rings is 2. The zero-order chi connectivity index (χ0) is 28.8. The van der Waals surface area contributed by atoms with Crippen LogP contribution in [-0.2, 0) is 21.2 Å². The van der Waals surface area contributed by atoms with Crippen LogP contribution in [0.25, 0.3) is 0 Å². The van der Waals surface area contributed by atoms with Crippen molar-refractivity contribution in [2.24, 2.45) is 0 Å². The zero-order valence-corrected chi connectivity index (χ0v) is 22.9. The van der Waals surface area contributed by atoms with Crippen LogP contribution in [0.4, 0.5) is 4.79 Å². The van der Waals surface area contributed by atoms with Crippen LogP contribution < -0.4 is 20.1 Å². The van der Waals surface area contributed by atoms with Gasteiger partial charge in [0, 0.05) is 37.5 Å². The maximum absolute atomic E-state index is 12.7. The van der Waals surface area contributed by atoms with Gasteiger partial charge >= 0.3 is 6.09 Å². The first-order chi connectivity index (χ1) is 19.3. The van der Waals surface area contributed by atoms with Crippen LogP contribution in [-0.4, -0.2) is 57.6 Å². The highest BCUT2D eigenvalue weighted by Gasteiger charge is 2.20. The van der Waals surface area contributed by atoms with E-state index in [1.54, 1.807) is 0 Å². The van der Waals surface area contributed by atoms with E-state index in [0.29, 0.717) is 25.3 Å². The zero-order valence-electron chi connectivity index (χ0n) is 22.1. The van der Waals surface area contributed by atoms with Crippen LogP contribution in [0, 0.1) is 0 Å². The van der Waals surface area contributed by atoms with Crippen molar-refractivity contribution >= 4 is 27.9 Å². The number of unbranched alkanes of at least 4 members (excludes halogenated alkanes) is 1. The summed E-state index contributed by atoms with van der Waals surface area (Å²) in [6, 6.07) is 17.9. The summed E-state index contributed by atoms with van der Waals surface area (Å²) in [5, 5.41) is 5.30. The molecule has 3 amide bonds. The molecule has 40 heavy (non-hydrogen) atoms. The van der Waals surface area contributed by atoms with E-state index < -0.39 is 22.0 Å². The van der Waals surface area contributed by atoms with Gasteiger partial charge in [-0.25, -0.2) is 22.9 Å². The van der Waals surface area contributed by atoms with Gasteiger partial charge in [-0.1, -0.05) is 30.3 Å². The number of pyridine rings is 1. The van der Waals surface area contributed by atoms with Gasteiger partial charge in [-0.05, 0) is 62.1 Å². The van der Waals surface area contributed by atoms with E-state index in [2.05, 4.69) is 27.8 Å². The largest absolute Gasteiger partial charge is 0.414 e. The van der Waals surface area contributed by atoms with Gasteiger partial charge in [-0.15, -0.1) is 0 Å². The minimum Gasteiger partial charge on any atom is -0.391 e. The number of hydrogen-bond acceptors (Lipinski definition) is 8. The highest BCUT2D eigenvalue weighted by Crippen LogP contribution is 2.13. The van der Waals surface area contributed by atoms with Crippen LogP contribution in [0.5, 0.6) is 5.88 Å². The Morgan fingerprint density at radius 3 is 2.23 bits per heavy atom. The number of rotatable bonds is 14. The molecule has 3 aromatic rings. The summed E-state index contributed by atoms with van der Waals surface area (Å²) in [5.74, 6) is -1.31. The summed E-state index contributed by atoms with van der Waals surface area (Å²) in [5.41, 5.74) is 1.49. The SMILES string of the molecule is CCOCCNC(=O)Oc1ccc(C(=O)NS(=O)(=O)c2ccc(C(=O)NCCCCc3ccccc3)cc2)cn1. The Morgan fingerprint density at radius 2 is 1.55 bits per heavy atom. The van der Waals surface area contributed by atoms with Gasteiger partial charge in [-0.3, -0.25) is 9.59 Å². The highest BCUT2D eigenvalue weighted by molar-refractivity contribution is 7.90. The molecule has 2 aromatic carbocycles. The van der Waals surface area contributed by atoms with Gasteiger partial charge in [0.25, 0.3) is 21.8 Å². The van der Waals surface area contributed by atoms with Crippen molar-refractivity contribution in [3.05, 3.63) is 89.6 Å². The first-order valence-corrected chi connectivity index (χ1v) is 14.3. The first-order valence-electron chi connectivity index (χ1n) is 12.8. The Morgan fingerprint density at radius 1 is 0.825 bits per heavy atom. The van der Waals surface area contributed by atoms with Gasteiger partial charge in [0.2, 0.25) is 5.88 Å². The summed E-state index contributed by atoms with van der Waals surface area (Å²) in [6.45, 7) is 3.44. The lowest BCUT2D eigenvalue weighted by Gasteiger charge is -2.09. The molecule has 11 nitrogen and oxygen atoms in total. The highest BCUT2D eigenvalue weighted by atomic mass is 32.2. The maximum atomic E-state index is 12.7. The van der Waals surface area contributed by atoms with Crippen molar-refractivity contribution in [2.75, 3.05) is 26.3 Å². The van der Waals surface area contributed by atoms with Crippen molar-refractivity contribution < 1.29 is 32.3 Å². The summed E-state index contributed by atoms with van der Waals surface area (Å²) in [7, 11) is -4.21. The fourth-order valence-corrected chi connectivity index (χ4v) is 4.48. The van der Waals surface area contributed by atoms with E-state index in [1.807, 2.05) is 29.8 Å². The predicted octanol–water partition coefficient (Wildman–Crippen LogP) is 3.08. The van der Waals surface area contributed by atoms with E-state index in [0.717, 1.165) is 25.5 Å². The number of sulfonamides is 1. The molecule has 3 N–H and O–H groups in total. The average Bonchev–Trinajstić information content (AvgIpc) is 2.96. The van der Waals surface area contributed by atoms with E-state index in [-0.39, 0.29) is 28.8 Å². The number of hydrogen-bond donors (Lipinski definition) is 3. The Hall–Kier alpha value is -4.29. The minimum absolute atomic E-state index is 0.0593. The van der Waals surface area contributed by atoms with Gasteiger partial charge in [0.05, 0.1) is 17.1 Å². The number of carbonyl (C=O) groups excluding carboxylic acids is 3. The summed E-state index contributed by atoms with van der Waals surface area (Å²) < 4.78 is 37.4. The van der Waals surface area contributed by atoms with Crippen molar-refractivity contribution in [2.45, 2.75) is 31.1 Å². The van der Waals surface area contributed by atoms with Crippen molar-refractivity contribution in [1.29, 1.82) is 0 Å². The molecule has 3 rings (SSSR count). The molecule has 0 bridgehead atoms. The molecule has 0 aliphatic carbocycles. The Balaban J connectivity index is 1.45. The number of nitrogens with one attached hydrogen (secondary N) is 3. The molecule has 0 fully saturated rings. The quantitative estimate of drug-likeness (QED) is 0.251. The number of aryl methyl sites for hydroxylation is 1. The van der Waals surface area contributed by atoms with Crippen molar-refractivity contribution in [1.82, 2.24) is 20.3 Å². The van der Waals surface area contributed by atoms with Crippen molar-refractivity contribution in [3.63, 3.8) is 0 Å². The van der Waals surface area contributed by atoms with Gasteiger partial charge in [0.15, 0.2) is 0 Å². The molecule has 1 heterocycles. The van der Waals surface area contributed by atoms with Crippen LogP contribution >= 0.6 is 0 Å². The fraction of sp³-hybridized carbons (Fsp3) is 0.286. The molecular formula is C28H32N4O7S. The Labute approximate surface area is 233 Å². The smallest absolute Gasteiger partial charge is 0.391 e. The molecule has 0 aliphatic rings. The fourth-order valence-electron chi connectivity index (χ4n) is 3.50. The standard InChI is InChI=1S/C28H32N4O7S/c1-2-38-19-18-30-28(35)39-25-16-13-23(20-31-25)27(34)32-40(36,37)24-14-11-22(12-15-24)26(33)29-17-7-6-10-21-8-4-3-5-9-21/h3-5,8-9,11-16,20H,2,6-7,10,17-19H2,1H3,(H,29,33)(H,30,35)(H,32,34). The van der Waals surface area contributed by atoms with Gasteiger partial charge in [0.1, 0.15) is 0 Å². The number of amides is 3. The van der Waals surface area contributed by atoms with Crippen LogP contribution in [0.1, 0.15) is 46.0 Å². The second-order valence-electron chi connectivity index (χ2n) is 8.56. The predicted molar refractivity (Wildman–Crippen MR) is 148 cm³/mol. The number of carbonyl (C=O) groups is 3. The van der Waals surface area contributed by atoms with Gasteiger partial charge in [-0.2, -0.15) is 0 Å². The molecule has 0 atom stereocenters. The van der Waals surface area contributed by atoms with Crippen LogP contribution in [0.3, 0.4) is 0 Å². The summed E-state index contributed by atoms with van der Waals surface area (Å²) >= 11 is 0. The normalized spacial score (nSPS) is 10.9. The molecule has 0 radical (unpaired) electrons. The third-order valence-corrected chi connectivity index (χ3v) is 6.94. The lowest BCUT2D eigenvalue weighted by Crippen LogP contribution is -2.31. The molecule has 212 valence electrons. The van der Waals surface area contributed by atoms with Gasteiger partial charge < -0.3 is 20.1 Å². The van der Waals surface area contributed by atoms with E-state index in [1.165, 1.54) is 42.0 Å². The first kappa shape index (κ1) is 30.3. The lowest BCUT2D eigenvalue weighted by molar-refractivity contribution is 0.0950. The number of nitrogens with zero attached hydrogens (tertiary/aromatic N) is 1. The monoisotopic (exact) mass is 568 g/mol. The third-order valence-electron chi connectivity index (χ3n) is 5.59. The molecular weight excluding hydrogens is 536 g/mol. The summed E-state index contributed by atoms with van der Waals surface area (Å²) in [6.07, 6.45) is 3.00. The minimum atomic E-state index is -4.21. The maximum Gasteiger partial charge on any atom is 0.414 e. The number of aromatic nitrogens is 1. The van der Waals surface area contributed by atoms with E-state index in [4.69, 9.17) is 9.47 Å². The molecule has 1 aromatic heterocycles. The molecule has 12 heteroatoms. The second kappa shape index (κ2) is 15.3. The van der Waals surface area contributed by atoms with Crippen LogP contribution in [0.2, 0.25) is 0 Å². The molecule has 0 unspecified atom stereocenters.